The normalized spacial score (nSPS) is 39.5. The quantitative estimate of drug-likeness (QED) is 0.148. The first-order chi connectivity index (χ1) is 20.2. The molecule has 4 fully saturated rings. The van der Waals surface area contributed by atoms with E-state index >= 15 is 0 Å². The van der Waals surface area contributed by atoms with Gasteiger partial charge >= 0.3 is 23.9 Å². The van der Waals surface area contributed by atoms with Crippen LogP contribution in [0, 0.1) is 50.2 Å². The summed E-state index contributed by atoms with van der Waals surface area (Å²) in [7, 11) is 0. The SMILES string of the molecule is CC(=O)OC[C@@]1(C(=O)OCOC(=O)C(C)(C)C)CC[C@]2(C)[C@H](CC[C@@H]3[C@@]4(C)CC[C@H](OC(C)=O)C(C)(C)[C@@H]4CC[C@]32C)C1=O. The lowest BCUT2D eigenvalue weighted by Gasteiger charge is -2.71. The van der Waals surface area contributed by atoms with Crippen LogP contribution in [0.2, 0.25) is 0 Å². The fraction of sp³-hybridized carbons (Fsp3) is 0.857. The van der Waals surface area contributed by atoms with Gasteiger partial charge in [-0.25, -0.2) is 0 Å². The Kier molecular flexibility index (Phi) is 8.93. The van der Waals surface area contributed by atoms with Crippen LogP contribution >= 0.6 is 0 Å². The molecule has 44 heavy (non-hydrogen) atoms. The average molecular weight is 619 g/mol. The summed E-state index contributed by atoms with van der Waals surface area (Å²) < 4.78 is 21.8. The van der Waals surface area contributed by atoms with E-state index in [0.29, 0.717) is 24.7 Å². The molecule has 4 saturated carbocycles. The summed E-state index contributed by atoms with van der Waals surface area (Å²) >= 11 is 0. The third-order valence-electron chi connectivity index (χ3n) is 12.9. The fourth-order valence-corrected chi connectivity index (χ4v) is 10.3. The molecule has 4 aliphatic carbocycles. The first kappa shape index (κ1) is 34.4. The summed E-state index contributed by atoms with van der Waals surface area (Å²) in [5, 5.41) is 0. The third kappa shape index (κ3) is 5.38. The van der Waals surface area contributed by atoms with Gasteiger partial charge in [0.25, 0.3) is 0 Å². The molecule has 0 saturated heterocycles. The molecule has 0 aromatic carbocycles. The van der Waals surface area contributed by atoms with E-state index in [9.17, 15) is 24.0 Å². The van der Waals surface area contributed by atoms with Crippen molar-refractivity contribution in [2.75, 3.05) is 13.4 Å². The van der Waals surface area contributed by atoms with Gasteiger partial charge in [-0.05, 0) is 100 Å². The molecule has 0 aromatic rings. The number of rotatable bonds is 6. The van der Waals surface area contributed by atoms with Gasteiger partial charge in [0.05, 0.1) is 5.41 Å². The van der Waals surface area contributed by atoms with Crippen LogP contribution in [0.1, 0.15) is 121 Å². The van der Waals surface area contributed by atoms with Crippen molar-refractivity contribution in [3.8, 4) is 0 Å². The Labute approximate surface area is 262 Å². The molecule has 248 valence electrons. The molecular formula is C35H54O9. The highest BCUT2D eigenvalue weighted by Gasteiger charge is 2.71. The van der Waals surface area contributed by atoms with Crippen molar-refractivity contribution in [2.24, 2.45) is 50.2 Å². The van der Waals surface area contributed by atoms with E-state index in [-0.39, 0.29) is 52.5 Å². The topological polar surface area (TPSA) is 122 Å². The van der Waals surface area contributed by atoms with E-state index in [1.54, 1.807) is 20.8 Å². The molecule has 0 aromatic heterocycles. The van der Waals surface area contributed by atoms with Crippen molar-refractivity contribution < 1.29 is 42.9 Å². The Morgan fingerprint density at radius 3 is 2.00 bits per heavy atom. The van der Waals surface area contributed by atoms with E-state index in [1.807, 2.05) is 0 Å². The molecule has 4 aliphatic rings. The lowest BCUT2D eigenvalue weighted by Crippen LogP contribution is -2.68. The number of carbonyl (C=O) groups is 5. The molecule has 4 rings (SSSR count). The Morgan fingerprint density at radius 1 is 0.750 bits per heavy atom. The van der Waals surface area contributed by atoms with E-state index in [0.717, 1.165) is 32.1 Å². The standard InChI is InChI=1S/C35H54O9/c1-21(36)41-19-35(29(40)43-20-42-28(39)30(3,4)5)18-17-33(9)23(27(35)38)11-12-25-32(8)15-14-26(44-22(2)37)31(6,7)24(32)13-16-34(25,33)10/h23-26H,11-20H2,1-10H3/t23-,24+,25-,26+,32+,33-,34-,35+/m1/s1. The summed E-state index contributed by atoms with van der Waals surface area (Å²) in [5.41, 5.74) is -3.08. The van der Waals surface area contributed by atoms with E-state index in [4.69, 9.17) is 18.9 Å². The molecule has 9 heteroatoms. The lowest BCUT2D eigenvalue weighted by atomic mass is 9.33. The Morgan fingerprint density at radius 2 is 1.41 bits per heavy atom. The highest BCUT2D eigenvalue weighted by atomic mass is 16.7. The maximum absolute atomic E-state index is 14.6. The van der Waals surface area contributed by atoms with Crippen molar-refractivity contribution >= 4 is 29.7 Å². The van der Waals surface area contributed by atoms with Crippen molar-refractivity contribution in [3.05, 3.63) is 0 Å². The maximum atomic E-state index is 14.6. The first-order valence-corrected chi connectivity index (χ1v) is 16.4. The molecule has 9 nitrogen and oxygen atoms in total. The second kappa shape index (κ2) is 11.4. The van der Waals surface area contributed by atoms with Gasteiger partial charge in [-0.15, -0.1) is 0 Å². The predicted molar refractivity (Wildman–Crippen MR) is 162 cm³/mol. The third-order valence-corrected chi connectivity index (χ3v) is 12.9. The molecule has 0 heterocycles. The predicted octanol–water partition coefficient (Wildman–Crippen LogP) is 6.20. The second-order valence-electron chi connectivity index (χ2n) is 16.5. The van der Waals surface area contributed by atoms with Gasteiger partial charge < -0.3 is 18.9 Å². The lowest BCUT2D eigenvalue weighted by molar-refractivity contribution is -0.238. The summed E-state index contributed by atoms with van der Waals surface area (Å²) in [6.07, 6.45) is 5.89. The Bertz CT molecular complexity index is 1200. The Hall–Kier alpha value is -2.45. The molecule has 0 unspecified atom stereocenters. The van der Waals surface area contributed by atoms with Crippen LogP contribution in [0.3, 0.4) is 0 Å². The number of Topliss-reactive ketones (excluding diaryl/α,β-unsaturated/α-hetero) is 1. The number of esters is 4. The number of hydrogen-bond acceptors (Lipinski definition) is 9. The van der Waals surface area contributed by atoms with Crippen molar-refractivity contribution in [1.29, 1.82) is 0 Å². The highest BCUT2D eigenvalue weighted by Crippen LogP contribution is 2.74. The zero-order valence-electron chi connectivity index (χ0n) is 28.6. The number of fused-ring (bicyclic) bond motifs is 5. The monoisotopic (exact) mass is 618 g/mol. The van der Waals surface area contributed by atoms with Crippen LogP contribution in [-0.4, -0.2) is 49.2 Å². The molecule has 0 radical (unpaired) electrons. The molecule has 0 aliphatic heterocycles. The minimum Gasteiger partial charge on any atom is -0.464 e. The van der Waals surface area contributed by atoms with Gasteiger partial charge in [-0.3, -0.25) is 24.0 Å². The van der Waals surface area contributed by atoms with Crippen LogP contribution in [0.5, 0.6) is 0 Å². The van der Waals surface area contributed by atoms with E-state index in [2.05, 4.69) is 34.6 Å². The molecule has 0 N–H and O–H groups in total. The summed E-state index contributed by atoms with van der Waals surface area (Å²) in [6.45, 7) is 18.3. The van der Waals surface area contributed by atoms with E-state index in [1.165, 1.54) is 13.8 Å². The summed E-state index contributed by atoms with van der Waals surface area (Å²) in [6, 6.07) is 0. The smallest absolute Gasteiger partial charge is 0.326 e. The fourth-order valence-electron chi connectivity index (χ4n) is 10.3. The van der Waals surface area contributed by atoms with Crippen molar-refractivity contribution in [1.82, 2.24) is 0 Å². The van der Waals surface area contributed by atoms with Crippen LogP contribution in [-0.2, 0) is 42.9 Å². The molecule has 8 atom stereocenters. The number of ketones is 1. The van der Waals surface area contributed by atoms with Gasteiger partial charge in [0, 0.05) is 25.2 Å². The second-order valence-corrected chi connectivity index (χ2v) is 16.5. The molecular weight excluding hydrogens is 564 g/mol. The number of ether oxygens (including phenoxy) is 4. The number of carbonyl (C=O) groups excluding carboxylic acids is 5. The van der Waals surface area contributed by atoms with E-state index < -0.39 is 41.4 Å². The van der Waals surface area contributed by atoms with Crippen molar-refractivity contribution in [2.45, 2.75) is 127 Å². The largest absolute Gasteiger partial charge is 0.464 e. The van der Waals surface area contributed by atoms with Gasteiger partial charge in [0.15, 0.2) is 11.2 Å². The van der Waals surface area contributed by atoms with Gasteiger partial charge in [-0.1, -0.05) is 34.6 Å². The van der Waals surface area contributed by atoms with Crippen molar-refractivity contribution in [3.63, 3.8) is 0 Å². The Balaban J connectivity index is 1.61. The van der Waals surface area contributed by atoms with Gasteiger partial charge in [0.2, 0.25) is 6.79 Å². The van der Waals surface area contributed by atoms with Crippen LogP contribution in [0.4, 0.5) is 0 Å². The minimum absolute atomic E-state index is 0.0202. The first-order valence-electron chi connectivity index (χ1n) is 16.4. The zero-order chi connectivity index (χ0) is 33.1. The molecule has 0 spiro atoms. The zero-order valence-corrected chi connectivity index (χ0v) is 28.6. The maximum Gasteiger partial charge on any atom is 0.326 e. The average Bonchev–Trinajstić information content (AvgIpc) is 2.90. The van der Waals surface area contributed by atoms with Gasteiger partial charge in [0.1, 0.15) is 12.7 Å². The summed E-state index contributed by atoms with van der Waals surface area (Å²) in [4.78, 5) is 64.3. The molecule has 0 amide bonds. The molecule has 0 bridgehead atoms. The van der Waals surface area contributed by atoms with Crippen LogP contribution in [0.25, 0.3) is 0 Å². The minimum atomic E-state index is -1.64. The van der Waals surface area contributed by atoms with Crippen LogP contribution in [0.15, 0.2) is 0 Å². The summed E-state index contributed by atoms with van der Waals surface area (Å²) in [5.74, 6) is -2.03. The number of hydrogen-bond donors (Lipinski definition) is 0. The highest BCUT2D eigenvalue weighted by molar-refractivity contribution is 6.06. The van der Waals surface area contributed by atoms with Gasteiger partial charge in [-0.2, -0.15) is 0 Å². The van der Waals surface area contributed by atoms with Crippen LogP contribution < -0.4 is 0 Å².